The summed E-state index contributed by atoms with van der Waals surface area (Å²) in [5, 5.41) is 5.87. The van der Waals surface area contributed by atoms with Gasteiger partial charge in [-0.1, -0.05) is 37.0 Å². The van der Waals surface area contributed by atoms with Crippen LogP contribution in [0.5, 0.6) is 0 Å². The molecule has 1 aromatic rings. The third kappa shape index (κ3) is 8.36. The van der Waals surface area contributed by atoms with E-state index in [9.17, 15) is 19.2 Å². The van der Waals surface area contributed by atoms with Crippen LogP contribution < -0.4 is 10.6 Å². The summed E-state index contributed by atoms with van der Waals surface area (Å²) in [5.41, 5.74) is 0.135. The van der Waals surface area contributed by atoms with E-state index < -0.39 is 48.7 Å². The van der Waals surface area contributed by atoms with Gasteiger partial charge in [-0.15, -0.1) is 0 Å². The SMILES string of the molecule is COC(=O)[C@@H]1COC[C@H](C)C(=O)OB([C@H](CC(C)C)NC(=O)CNC(=O)c2cc(Cl)ccc2Cl)N1C. The van der Waals surface area contributed by atoms with E-state index in [1.807, 2.05) is 13.8 Å². The number of benzene rings is 1. The first-order valence-electron chi connectivity index (χ1n) is 11.5. The molecule has 2 amide bonds. The fourth-order valence-electron chi connectivity index (χ4n) is 3.71. The van der Waals surface area contributed by atoms with Crippen molar-refractivity contribution in [2.75, 3.05) is 33.9 Å². The van der Waals surface area contributed by atoms with Crippen molar-refractivity contribution in [3.8, 4) is 0 Å². The summed E-state index contributed by atoms with van der Waals surface area (Å²) in [7, 11) is 1.87. The molecule has 1 aliphatic heterocycles. The van der Waals surface area contributed by atoms with Crippen molar-refractivity contribution in [2.45, 2.75) is 39.2 Å². The second-order valence-corrected chi connectivity index (χ2v) is 9.92. The number of rotatable bonds is 8. The molecule has 0 saturated carbocycles. The van der Waals surface area contributed by atoms with Crippen molar-refractivity contribution in [1.82, 2.24) is 15.4 Å². The fraction of sp³-hybridized carbons (Fsp3) is 0.565. The standard InChI is InChI=1S/C23H32BCl2N3O7/c1-13(2)8-19(28-20(30)10-27-21(31)16-9-15(25)6-7-17(16)26)24-29(4)18(23(33)34-5)12-35-11-14(3)22(32)36-24/h6-7,9,13-14,18-19H,8,10-12H2,1-5H3,(H,27,31)(H,28,30)/t14-,18-,19-/m0/s1. The number of halogens is 2. The molecular weight excluding hydrogens is 512 g/mol. The topological polar surface area (TPSA) is 123 Å². The van der Waals surface area contributed by atoms with Crippen molar-refractivity contribution in [1.29, 1.82) is 0 Å². The van der Waals surface area contributed by atoms with E-state index in [4.69, 9.17) is 37.3 Å². The summed E-state index contributed by atoms with van der Waals surface area (Å²) in [6.45, 7) is 5.25. The molecule has 0 bridgehead atoms. The minimum Gasteiger partial charge on any atom is -0.518 e. The van der Waals surface area contributed by atoms with Gasteiger partial charge in [-0.25, -0.2) is 0 Å². The number of nitrogens with one attached hydrogen (secondary N) is 2. The predicted octanol–water partition coefficient (Wildman–Crippen LogP) is 1.96. The number of likely N-dealkylation sites (N-methyl/N-ethyl adjacent to an activating group) is 1. The molecule has 0 radical (unpaired) electrons. The van der Waals surface area contributed by atoms with Gasteiger partial charge in [0.15, 0.2) is 0 Å². The summed E-state index contributed by atoms with van der Waals surface area (Å²) in [5.74, 6) is -3.35. The molecular formula is C23H32BCl2N3O7. The second-order valence-electron chi connectivity index (χ2n) is 9.08. The summed E-state index contributed by atoms with van der Waals surface area (Å²) in [6, 6.07) is 3.57. The van der Waals surface area contributed by atoms with Gasteiger partial charge in [0.05, 0.1) is 49.3 Å². The highest BCUT2D eigenvalue weighted by atomic mass is 35.5. The Hall–Kier alpha value is -2.34. The lowest BCUT2D eigenvalue weighted by atomic mass is 9.66. The zero-order chi connectivity index (χ0) is 27.0. The van der Waals surface area contributed by atoms with Crippen LogP contribution in [0.3, 0.4) is 0 Å². The van der Waals surface area contributed by atoms with Crippen LogP contribution in [-0.2, 0) is 28.5 Å². The number of hydrogen-bond donors (Lipinski definition) is 2. The van der Waals surface area contributed by atoms with Crippen LogP contribution in [0, 0.1) is 11.8 Å². The van der Waals surface area contributed by atoms with Gasteiger partial charge in [-0.3, -0.25) is 24.0 Å². The highest BCUT2D eigenvalue weighted by Crippen LogP contribution is 2.21. The zero-order valence-electron chi connectivity index (χ0n) is 21.0. The minimum atomic E-state index is -0.991. The molecule has 2 rings (SSSR count). The molecule has 13 heteroatoms. The number of hydrogen-bond acceptors (Lipinski definition) is 8. The summed E-state index contributed by atoms with van der Waals surface area (Å²) >= 11 is 12.0. The summed E-state index contributed by atoms with van der Waals surface area (Å²) < 4.78 is 16.2. The van der Waals surface area contributed by atoms with Gasteiger partial charge in [-0.05, 0) is 44.5 Å². The molecule has 3 atom stereocenters. The molecule has 0 unspecified atom stereocenters. The van der Waals surface area contributed by atoms with E-state index in [2.05, 4.69) is 10.6 Å². The second kappa shape index (κ2) is 13.8. The van der Waals surface area contributed by atoms with E-state index in [1.165, 1.54) is 24.1 Å². The molecule has 1 aromatic carbocycles. The van der Waals surface area contributed by atoms with Crippen molar-refractivity contribution in [3.05, 3.63) is 33.8 Å². The minimum absolute atomic E-state index is 0.0144. The molecule has 198 valence electrons. The van der Waals surface area contributed by atoms with E-state index in [-0.39, 0.29) is 36.3 Å². The number of methoxy groups -OCH3 is 1. The monoisotopic (exact) mass is 543 g/mol. The maximum absolute atomic E-state index is 12.9. The Bertz CT molecular complexity index is 966. The van der Waals surface area contributed by atoms with E-state index in [1.54, 1.807) is 20.0 Å². The Morgan fingerprint density at radius 2 is 1.94 bits per heavy atom. The van der Waals surface area contributed by atoms with Crippen molar-refractivity contribution >= 4 is 54.0 Å². The van der Waals surface area contributed by atoms with Gasteiger partial charge >= 0.3 is 13.0 Å². The number of esters is 1. The Labute approximate surface area is 221 Å². The summed E-state index contributed by atoms with van der Waals surface area (Å²) in [4.78, 5) is 52.0. The smallest absolute Gasteiger partial charge is 0.475 e. The van der Waals surface area contributed by atoms with Crippen LogP contribution in [0.2, 0.25) is 10.0 Å². The first-order valence-corrected chi connectivity index (χ1v) is 12.3. The maximum atomic E-state index is 12.9. The van der Waals surface area contributed by atoms with Crippen LogP contribution in [0.25, 0.3) is 0 Å². The highest BCUT2D eigenvalue weighted by Gasteiger charge is 2.44. The van der Waals surface area contributed by atoms with Crippen molar-refractivity contribution in [3.63, 3.8) is 0 Å². The van der Waals surface area contributed by atoms with Crippen molar-refractivity contribution in [2.24, 2.45) is 11.8 Å². The molecule has 1 aliphatic rings. The molecule has 0 spiro atoms. The first kappa shape index (κ1) is 29.9. The van der Waals surface area contributed by atoms with Gasteiger partial charge < -0.3 is 24.8 Å². The number of amides is 2. The lowest BCUT2D eigenvalue weighted by Crippen LogP contribution is -2.62. The molecule has 0 aliphatic carbocycles. The average Bonchev–Trinajstić information content (AvgIpc) is 2.87. The van der Waals surface area contributed by atoms with Crippen LogP contribution in [0.4, 0.5) is 0 Å². The maximum Gasteiger partial charge on any atom is 0.475 e. The molecule has 1 saturated heterocycles. The van der Waals surface area contributed by atoms with E-state index in [0.717, 1.165) is 0 Å². The fourth-order valence-corrected chi connectivity index (χ4v) is 4.09. The normalized spacial score (nSPS) is 20.0. The van der Waals surface area contributed by atoms with Crippen LogP contribution in [0.1, 0.15) is 37.6 Å². The highest BCUT2D eigenvalue weighted by molar-refractivity contribution is 6.53. The lowest BCUT2D eigenvalue weighted by Gasteiger charge is -2.34. The van der Waals surface area contributed by atoms with E-state index in [0.29, 0.717) is 11.4 Å². The number of carbonyl (C=O) groups is 4. The average molecular weight is 544 g/mol. The van der Waals surface area contributed by atoms with Gasteiger partial charge in [0.2, 0.25) is 5.91 Å². The molecule has 1 fully saturated rings. The largest absolute Gasteiger partial charge is 0.518 e. The quantitative estimate of drug-likeness (QED) is 0.377. The predicted molar refractivity (Wildman–Crippen MR) is 136 cm³/mol. The van der Waals surface area contributed by atoms with Gasteiger partial charge in [0.25, 0.3) is 11.9 Å². The number of nitrogens with zero attached hydrogens (tertiary/aromatic N) is 1. The Morgan fingerprint density at radius 1 is 1.25 bits per heavy atom. The Morgan fingerprint density at radius 3 is 2.58 bits per heavy atom. The Balaban J connectivity index is 2.22. The zero-order valence-corrected chi connectivity index (χ0v) is 22.5. The molecule has 2 N–H and O–H groups in total. The molecule has 10 nitrogen and oxygen atoms in total. The van der Waals surface area contributed by atoms with Crippen LogP contribution in [-0.4, -0.2) is 81.5 Å². The Kier molecular flexibility index (Phi) is 11.5. The van der Waals surface area contributed by atoms with Crippen molar-refractivity contribution < 1.29 is 33.3 Å². The lowest BCUT2D eigenvalue weighted by molar-refractivity contribution is -0.147. The van der Waals surface area contributed by atoms with E-state index >= 15 is 0 Å². The number of ether oxygens (including phenoxy) is 2. The number of carbonyl (C=O) groups excluding carboxylic acids is 4. The first-order chi connectivity index (χ1) is 16.9. The molecule has 1 heterocycles. The van der Waals surface area contributed by atoms with Gasteiger partial charge in [0, 0.05) is 5.02 Å². The van der Waals surface area contributed by atoms with Crippen LogP contribution >= 0.6 is 23.2 Å². The molecule has 0 aromatic heterocycles. The third-order valence-electron chi connectivity index (χ3n) is 5.65. The third-order valence-corrected chi connectivity index (χ3v) is 6.21. The molecule has 36 heavy (non-hydrogen) atoms. The van der Waals surface area contributed by atoms with Gasteiger partial charge in [-0.2, -0.15) is 0 Å². The summed E-state index contributed by atoms with van der Waals surface area (Å²) in [6.07, 6.45) is 0.422. The van der Waals surface area contributed by atoms with Crippen LogP contribution in [0.15, 0.2) is 18.2 Å². The van der Waals surface area contributed by atoms with Gasteiger partial charge in [0.1, 0.15) is 6.04 Å².